The largest absolute Gasteiger partial charge is 0.360 e. The summed E-state index contributed by atoms with van der Waals surface area (Å²) >= 11 is 0. The summed E-state index contributed by atoms with van der Waals surface area (Å²) in [5.41, 5.74) is 0. The highest BCUT2D eigenvalue weighted by Crippen LogP contribution is 2.02. The molecule has 1 aliphatic heterocycles. The van der Waals surface area contributed by atoms with Crippen molar-refractivity contribution in [1.29, 1.82) is 0 Å². The van der Waals surface area contributed by atoms with Crippen molar-refractivity contribution in [3.63, 3.8) is 0 Å². The Morgan fingerprint density at radius 2 is 2.27 bits per heavy atom. The Bertz CT molecular complexity index is 200. The van der Waals surface area contributed by atoms with Crippen LogP contribution in [-0.4, -0.2) is 60.2 Å². The molecule has 1 fully saturated rings. The summed E-state index contributed by atoms with van der Waals surface area (Å²) in [7, 11) is 3.02. The molecular formula is C9H20N2O3Si. The van der Waals surface area contributed by atoms with E-state index in [2.05, 4.69) is 5.32 Å². The van der Waals surface area contributed by atoms with Crippen LogP contribution in [0, 0.1) is 0 Å². The van der Waals surface area contributed by atoms with Gasteiger partial charge in [-0.2, -0.15) is 0 Å². The second-order valence-electron chi connectivity index (χ2n) is 3.62. The predicted molar refractivity (Wildman–Crippen MR) is 60.7 cm³/mol. The van der Waals surface area contributed by atoms with Crippen molar-refractivity contribution in [2.75, 3.05) is 33.9 Å². The van der Waals surface area contributed by atoms with E-state index in [0.29, 0.717) is 0 Å². The van der Waals surface area contributed by atoms with Crippen LogP contribution in [0.2, 0.25) is 6.04 Å². The van der Waals surface area contributed by atoms with E-state index in [1.807, 2.05) is 4.90 Å². The molecule has 0 aliphatic carbocycles. The molecule has 0 unspecified atom stereocenters. The number of methoxy groups -OCH3 is 2. The summed E-state index contributed by atoms with van der Waals surface area (Å²) < 4.78 is 10.3. The Labute approximate surface area is 92.9 Å². The van der Waals surface area contributed by atoms with Crippen LogP contribution in [0.15, 0.2) is 0 Å². The first kappa shape index (κ1) is 12.5. The molecule has 1 rings (SSSR count). The lowest BCUT2D eigenvalue weighted by molar-refractivity contribution is -0.0441. The molecule has 1 aliphatic rings. The van der Waals surface area contributed by atoms with Gasteiger partial charge >= 0.3 is 6.03 Å². The Kier molecular flexibility index (Phi) is 5.67. The maximum Gasteiger partial charge on any atom is 0.317 e. The van der Waals surface area contributed by atoms with E-state index in [1.165, 1.54) is 0 Å². The molecule has 0 aromatic carbocycles. The van der Waals surface area contributed by atoms with Gasteiger partial charge in [0.2, 0.25) is 0 Å². The fourth-order valence-corrected chi connectivity index (χ4v) is 2.99. The molecule has 15 heavy (non-hydrogen) atoms. The third kappa shape index (κ3) is 4.19. The zero-order valence-electron chi connectivity index (χ0n) is 9.49. The van der Waals surface area contributed by atoms with Crippen molar-refractivity contribution in [1.82, 2.24) is 10.2 Å². The Balaban J connectivity index is 2.03. The first-order valence-corrected chi connectivity index (χ1v) is 7.18. The second-order valence-corrected chi connectivity index (χ2v) is 5.57. The van der Waals surface area contributed by atoms with Gasteiger partial charge in [-0.3, -0.25) is 0 Å². The molecule has 0 spiro atoms. The lowest BCUT2D eigenvalue weighted by Gasteiger charge is -2.15. The summed E-state index contributed by atoms with van der Waals surface area (Å²) in [5, 5.41) is 2.79. The molecule has 1 saturated heterocycles. The Morgan fingerprint density at radius 1 is 1.53 bits per heavy atom. The standard InChI is InChI=1S/C9H20N2O3Si/c1-13-9(14-2)15-7-3-5-11-6-4-10-8(11)12/h9H,3-7,15H2,1-2H3,(H,10,12). The minimum atomic E-state index is -0.332. The number of carbonyl (C=O) groups excluding carboxylic acids is 1. The lowest BCUT2D eigenvalue weighted by atomic mass is 10.4. The van der Waals surface area contributed by atoms with Crippen molar-refractivity contribution in [3.8, 4) is 0 Å². The number of rotatable bonds is 7. The van der Waals surface area contributed by atoms with Gasteiger partial charge in [0.15, 0.2) is 0 Å². The molecule has 0 aromatic rings. The van der Waals surface area contributed by atoms with Crippen LogP contribution in [0.25, 0.3) is 0 Å². The maximum atomic E-state index is 11.2. The van der Waals surface area contributed by atoms with Gasteiger partial charge in [-0.1, -0.05) is 6.04 Å². The van der Waals surface area contributed by atoms with Gasteiger partial charge in [0.25, 0.3) is 0 Å². The van der Waals surface area contributed by atoms with Gasteiger partial charge in [0.1, 0.15) is 5.91 Å². The van der Waals surface area contributed by atoms with Crippen LogP contribution < -0.4 is 5.32 Å². The van der Waals surface area contributed by atoms with E-state index in [4.69, 9.17) is 9.47 Å². The molecule has 1 N–H and O–H groups in total. The first-order valence-electron chi connectivity index (χ1n) is 5.36. The number of nitrogens with zero attached hydrogens (tertiary/aromatic N) is 1. The Morgan fingerprint density at radius 3 is 2.80 bits per heavy atom. The van der Waals surface area contributed by atoms with Crippen LogP contribution in [0.4, 0.5) is 4.79 Å². The van der Waals surface area contributed by atoms with Crippen molar-refractivity contribution in [2.45, 2.75) is 18.4 Å². The summed E-state index contributed by atoms with van der Waals surface area (Å²) in [6.07, 6.45) is 1.06. The van der Waals surface area contributed by atoms with E-state index in [9.17, 15) is 4.79 Å². The minimum absolute atomic E-state index is 0.0254. The average Bonchev–Trinajstić information content (AvgIpc) is 2.65. The topological polar surface area (TPSA) is 50.8 Å². The Hall–Kier alpha value is -0.593. The van der Waals surface area contributed by atoms with E-state index in [1.54, 1.807) is 14.2 Å². The number of carbonyl (C=O) groups is 1. The van der Waals surface area contributed by atoms with Gasteiger partial charge in [-0.25, -0.2) is 4.79 Å². The number of hydrogen-bond donors (Lipinski definition) is 1. The van der Waals surface area contributed by atoms with E-state index in [0.717, 1.165) is 32.1 Å². The molecule has 0 aromatic heterocycles. The fraction of sp³-hybridized carbons (Fsp3) is 0.889. The van der Waals surface area contributed by atoms with Gasteiger partial charge in [-0.05, 0) is 6.42 Å². The average molecular weight is 232 g/mol. The molecule has 0 radical (unpaired) electrons. The molecule has 88 valence electrons. The third-order valence-corrected chi connectivity index (χ3v) is 4.64. The smallest absolute Gasteiger partial charge is 0.317 e. The molecule has 2 amide bonds. The summed E-state index contributed by atoms with van der Waals surface area (Å²) in [6, 6.07) is 1.22. The number of ether oxygens (including phenoxy) is 2. The number of urea groups is 1. The summed E-state index contributed by atoms with van der Waals surface area (Å²) in [5.74, 6) is 0.0254. The van der Waals surface area contributed by atoms with E-state index >= 15 is 0 Å². The third-order valence-electron chi connectivity index (χ3n) is 2.59. The fourth-order valence-electron chi connectivity index (χ4n) is 1.67. The lowest BCUT2D eigenvalue weighted by Crippen LogP contribution is -2.29. The van der Waals surface area contributed by atoms with Crippen molar-refractivity contribution in [3.05, 3.63) is 0 Å². The minimum Gasteiger partial charge on any atom is -0.360 e. The summed E-state index contributed by atoms with van der Waals surface area (Å²) in [6.45, 7) is 2.49. The molecule has 0 bridgehead atoms. The maximum absolute atomic E-state index is 11.2. The molecular weight excluding hydrogens is 212 g/mol. The highest BCUT2D eigenvalue weighted by atomic mass is 28.2. The molecule has 6 heteroatoms. The van der Waals surface area contributed by atoms with Crippen LogP contribution in [0.3, 0.4) is 0 Å². The van der Waals surface area contributed by atoms with Gasteiger partial charge < -0.3 is 19.7 Å². The van der Waals surface area contributed by atoms with Crippen LogP contribution in [-0.2, 0) is 9.47 Å². The number of nitrogens with one attached hydrogen (secondary N) is 1. The SMILES string of the molecule is COC(OC)[SiH2]CCCN1CCNC1=O. The van der Waals surface area contributed by atoms with Crippen LogP contribution in [0.1, 0.15) is 6.42 Å². The highest BCUT2D eigenvalue weighted by Gasteiger charge is 2.18. The van der Waals surface area contributed by atoms with Crippen LogP contribution in [0.5, 0.6) is 0 Å². The number of amides is 2. The quantitative estimate of drug-likeness (QED) is 0.368. The zero-order chi connectivity index (χ0) is 11.1. The normalized spacial score (nSPS) is 17.0. The first-order chi connectivity index (χ1) is 7.27. The van der Waals surface area contributed by atoms with Gasteiger partial charge in [-0.15, -0.1) is 0 Å². The second kappa shape index (κ2) is 6.81. The summed E-state index contributed by atoms with van der Waals surface area (Å²) in [4.78, 5) is 13.1. The van der Waals surface area contributed by atoms with Crippen molar-refractivity contribution in [2.24, 2.45) is 0 Å². The number of hydrogen-bond acceptors (Lipinski definition) is 3. The predicted octanol–water partition coefficient (Wildman–Crippen LogP) is -0.435. The molecule has 5 nitrogen and oxygen atoms in total. The van der Waals surface area contributed by atoms with Gasteiger partial charge in [0.05, 0.1) is 9.52 Å². The molecule has 0 atom stereocenters. The van der Waals surface area contributed by atoms with Gasteiger partial charge in [0, 0.05) is 33.9 Å². The van der Waals surface area contributed by atoms with Crippen molar-refractivity contribution < 1.29 is 14.3 Å². The van der Waals surface area contributed by atoms with Crippen molar-refractivity contribution >= 4 is 15.6 Å². The molecule has 1 heterocycles. The highest BCUT2D eigenvalue weighted by molar-refractivity contribution is 6.36. The monoisotopic (exact) mass is 232 g/mol. The van der Waals surface area contributed by atoms with Crippen LogP contribution >= 0.6 is 0 Å². The van der Waals surface area contributed by atoms with E-state index in [-0.39, 0.29) is 21.5 Å². The zero-order valence-corrected chi connectivity index (χ0v) is 10.9. The molecule has 0 saturated carbocycles. The van der Waals surface area contributed by atoms with E-state index < -0.39 is 0 Å².